The van der Waals surface area contributed by atoms with Crippen LogP contribution in [0.25, 0.3) is 0 Å². The Labute approximate surface area is 118 Å². The van der Waals surface area contributed by atoms with Crippen LogP contribution in [0.5, 0.6) is 0 Å². The Morgan fingerprint density at radius 2 is 1.80 bits per heavy atom. The third kappa shape index (κ3) is 3.40. The van der Waals surface area contributed by atoms with Crippen LogP contribution in [0.15, 0.2) is 0 Å². The number of fused-ring (bicyclic) bond motifs is 2. The lowest BCUT2D eigenvalue weighted by Crippen LogP contribution is -2.56. The molecule has 0 aromatic rings. The highest BCUT2D eigenvalue weighted by Gasteiger charge is 2.51. The monoisotopic (exact) mass is 291 g/mol. The zero-order chi connectivity index (χ0) is 15.1. The van der Waals surface area contributed by atoms with Crippen LogP contribution in [0.3, 0.4) is 0 Å². The van der Waals surface area contributed by atoms with Gasteiger partial charge in [0.25, 0.3) is 0 Å². The van der Waals surface area contributed by atoms with E-state index in [1.54, 1.807) is 20.8 Å². The summed E-state index contributed by atoms with van der Waals surface area (Å²) in [6, 6.07) is 0. The normalized spacial score (nSPS) is 32.9. The van der Waals surface area contributed by atoms with Crippen LogP contribution >= 0.6 is 0 Å². The molecule has 2 aliphatic rings. The minimum Gasteiger partial charge on any atom is -0.444 e. The number of hydrogen-bond donors (Lipinski definition) is 1. The maximum Gasteiger partial charge on any atom is 0.410 e. The van der Waals surface area contributed by atoms with Gasteiger partial charge < -0.3 is 14.7 Å². The van der Waals surface area contributed by atoms with E-state index in [9.17, 15) is 18.7 Å². The lowest BCUT2D eigenvalue weighted by Gasteiger charge is -2.48. The molecule has 2 unspecified atom stereocenters. The molecule has 1 heterocycles. The Kier molecular flexibility index (Phi) is 3.97. The lowest BCUT2D eigenvalue weighted by atomic mass is 9.68. The van der Waals surface area contributed by atoms with Crippen molar-refractivity contribution in [3.05, 3.63) is 0 Å². The first-order valence-corrected chi connectivity index (χ1v) is 7.08. The van der Waals surface area contributed by atoms with Gasteiger partial charge in [0.05, 0.1) is 0 Å². The predicted molar refractivity (Wildman–Crippen MR) is 69.5 cm³/mol. The molecule has 2 bridgehead atoms. The van der Waals surface area contributed by atoms with Crippen LogP contribution in [0.4, 0.5) is 13.6 Å². The molecule has 2 fully saturated rings. The average Bonchev–Trinajstić information content (AvgIpc) is 2.23. The van der Waals surface area contributed by atoms with E-state index >= 15 is 0 Å². The van der Waals surface area contributed by atoms with E-state index in [4.69, 9.17) is 4.74 Å². The second-order valence-corrected chi connectivity index (χ2v) is 7.02. The Balaban J connectivity index is 2.07. The number of likely N-dealkylation sites (tertiary alicyclic amines) is 1. The van der Waals surface area contributed by atoms with Crippen molar-refractivity contribution in [1.29, 1.82) is 0 Å². The number of piperidine rings is 1. The van der Waals surface area contributed by atoms with Crippen LogP contribution in [-0.4, -0.2) is 47.3 Å². The lowest BCUT2D eigenvalue weighted by molar-refractivity contribution is -0.131. The van der Waals surface area contributed by atoms with Crippen LogP contribution < -0.4 is 0 Å². The van der Waals surface area contributed by atoms with Gasteiger partial charge in [-0.3, -0.25) is 0 Å². The van der Waals surface area contributed by atoms with Crippen molar-refractivity contribution in [3.63, 3.8) is 0 Å². The largest absolute Gasteiger partial charge is 0.444 e. The van der Waals surface area contributed by atoms with Crippen LogP contribution in [0.1, 0.15) is 33.6 Å². The van der Waals surface area contributed by atoms with E-state index in [-0.39, 0.29) is 50.3 Å². The van der Waals surface area contributed by atoms with Gasteiger partial charge in [-0.15, -0.1) is 0 Å². The maximum atomic E-state index is 13.6. The van der Waals surface area contributed by atoms with Crippen molar-refractivity contribution in [2.45, 2.75) is 45.1 Å². The highest BCUT2D eigenvalue weighted by atomic mass is 19.3. The fraction of sp³-hybridized carbons (Fsp3) is 0.929. The molecule has 4 nitrogen and oxygen atoms in total. The summed E-state index contributed by atoms with van der Waals surface area (Å²) in [4.78, 5) is 13.6. The molecule has 1 N–H and O–H groups in total. The summed E-state index contributed by atoms with van der Waals surface area (Å²) in [6.07, 6.45) is -0.962. The van der Waals surface area contributed by atoms with Gasteiger partial charge in [0, 0.05) is 32.5 Å². The molecule has 0 aromatic heterocycles. The van der Waals surface area contributed by atoms with Crippen LogP contribution in [-0.2, 0) is 4.74 Å². The van der Waals surface area contributed by atoms with Crippen molar-refractivity contribution in [1.82, 2.24) is 4.90 Å². The quantitative estimate of drug-likeness (QED) is 0.807. The summed E-state index contributed by atoms with van der Waals surface area (Å²) < 4.78 is 32.5. The number of carbonyl (C=O) groups is 1. The standard InChI is InChI=1S/C14H23F2NO3/c1-13(2,3)20-12(19)17-6-9-4-14(15,16)5-10(7-17)11(9)8-18/h9-11,18H,4-8H2,1-3H3. The molecule has 0 spiro atoms. The second-order valence-electron chi connectivity index (χ2n) is 7.02. The summed E-state index contributed by atoms with van der Waals surface area (Å²) in [5, 5.41) is 9.40. The molecule has 1 saturated carbocycles. The zero-order valence-electron chi connectivity index (χ0n) is 12.2. The molecule has 6 heteroatoms. The topological polar surface area (TPSA) is 49.8 Å². The summed E-state index contributed by atoms with van der Waals surface area (Å²) in [5.41, 5.74) is -0.593. The van der Waals surface area contributed by atoms with Gasteiger partial charge in [-0.1, -0.05) is 0 Å². The SMILES string of the molecule is CC(C)(C)OC(=O)N1CC2CC(F)(F)CC(C1)C2CO. The number of carbonyl (C=O) groups excluding carboxylic acids is 1. The van der Waals surface area contributed by atoms with Gasteiger partial charge in [-0.05, 0) is 38.5 Å². The van der Waals surface area contributed by atoms with Crippen molar-refractivity contribution >= 4 is 6.09 Å². The molecule has 2 rings (SSSR count). The van der Waals surface area contributed by atoms with Crippen molar-refractivity contribution < 1.29 is 23.4 Å². The smallest absolute Gasteiger partial charge is 0.410 e. The first-order chi connectivity index (χ1) is 9.11. The first kappa shape index (κ1) is 15.5. The number of aliphatic hydroxyl groups is 1. The highest BCUT2D eigenvalue weighted by molar-refractivity contribution is 5.68. The van der Waals surface area contributed by atoms with Gasteiger partial charge in [0.15, 0.2) is 0 Å². The Morgan fingerprint density at radius 3 is 2.20 bits per heavy atom. The molecular formula is C14H23F2NO3. The molecule has 1 aliphatic heterocycles. The average molecular weight is 291 g/mol. The summed E-state index contributed by atoms with van der Waals surface area (Å²) >= 11 is 0. The maximum absolute atomic E-state index is 13.6. The van der Waals surface area contributed by atoms with E-state index in [1.807, 2.05) is 0 Å². The fourth-order valence-corrected chi connectivity index (χ4v) is 3.35. The van der Waals surface area contributed by atoms with Crippen LogP contribution in [0, 0.1) is 17.8 Å². The molecule has 0 aromatic carbocycles. The molecule has 20 heavy (non-hydrogen) atoms. The van der Waals surface area contributed by atoms with Gasteiger partial charge in [-0.2, -0.15) is 0 Å². The zero-order valence-corrected chi connectivity index (χ0v) is 12.2. The number of aliphatic hydroxyl groups excluding tert-OH is 1. The Bertz CT molecular complexity index is 363. The third-order valence-electron chi connectivity index (χ3n) is 4.10. The van der Waals surface area contributed by atoms with Crippen molar-refractivity contribution in [2.24, 2.45) is 17.8 Å². The summed E-state index contributed by atoms with van der Waals surface area (Å²) in [6.45, 7) is 5.73. The highest BCUT2D eigenvalue weighted by Crippen LogP contribution is 2.46. The van der Waals surface area contributed by atoms with E-state index in [2.05, 4.69) is 0 Å². The predicted octanol–water partition coefficient (Wildman–Crippen LogP) is 2.51. The second kappa shape index (κ2) is 5.13. The minimum atomic E-state index is -2.68. The molecule has 116 valence electrons. The van der Waals surface area contributed by atoms with E-state index in [0.29, 0.717) is 0 Å². The van der Waals surface area contributed by atoms with Gasteiger partial charge in [0.2, 0.25) is 5.92 Å². The number of halogens is 2. The molecule has 1 amide bonds. The number of amides is 1. The molecule has 0 radical (unpaired) electrons. The van der Waals surface area contributed by atoms with Crippen molar-refractivity contribution in [2.75, 3.05) is 19.7 Å². The number of alkyl halides is 2. The third-order valence-corrected chi connectivity index (χ3v) is 4.10. The van der Waals surface area contributed by atoms with E-state index < -0.39 is 17.6 Å². The first-order valence-electron chi connectivity index (χ1n) is 7.08. The van der Waals surface area contributed by atoms with Crippen LogP contribution in [0.2, 0.25) is 0 Å². The molecule has 1 aliphatic carbocycles. The van der Waals surface area contributed by atoms with E-state index in [0.717, 1.165) is 0 Å². The summed E-state index contributed by atoms with van der Waals surface area (Å²) in [5.74, 6) is -3.51. The van der Waals surface area contributed by atoms with Gasteiger partial charge >= 0.3 is 6.09 Å². The number of hydrogen-bond acceptors (Lipinski definition) is 3. The number of rotatable bonds is 1. The molecular weight excluding hydrogens is 268 g/mol. The number of nitrogens with zero attached hydrogens (tertiary/aromatic N) is 1. The summed E-state index contributed by atoms with van der Waals surface area (Å²) in [7, 11) is 0. The van der Waals surface area contributed by atoms with Gasteiger partial charge in [0.1, 0.15) is 5.60 Å². The minimum absolute atomic E-state index is 0.0897. The fourth-order valence-electron chi connectivity index (χ4n) is 3.35. The van der Waals surface area contributed by atoms with E-state index in [1.165, 1.54) is 4.90 Å². The van der Waals surface area contributed by atoms with Gasteiger partial charge in [-0.25, -0.2) is 13.6 Å². The molecule has 1 saturated heterocycles. The Morgan fingerprint density at radius 1 is 1.30 bits per heavy atom. The number of ether oxygens (including phenoxy) is 1. The Hall–Kier alpha value is -0.910. The van der Waals surface area contributed by atoms with Crippen molar-refractivity contribution in [3.8, 4) is 0 Å². The molecule has 2 atom stereocenters.